The maximum atomic E-state index is 13.7. The Morgan fingerprint density at radius 1 is 0.307 bits per heavy atom. The summed E-state index contributed by atoms with van der Waals surface area (Å²) in [5.41, 5.74) is 8.76. The molecule has 0 unspecified atom stereocenters. The molecule has 0 saturated heterocycles. The Balaban J connectivity index is 0.0000000870. The van der Waals surface area contributed by atoms with E-state index >= 15 is 0 Å². The van der Waals surface area contributed by atoms with E-state index in [1.165, 1.54) is 0 Å². The molecule has 0 spiro atoms. The van der Waals surface area contributed by atoms with Crippen LogP contribution in [-0.2, 0) is 0 Å². The standard InChI is InChI=1S/C27H14O4.C27H14O3S.C24H10O4.C20H10O4.C19H10O3S/c28-27-19-13-23-17(9-15-5-1-3-7-21(15)29-23)11-25(19)31-26-12-18-10-16-6-2-4-8-22(16)30-24(18)14-20(26)27;28-27-20-12-23-18(17-7-3-1-6-16(17)14-29-23)13-25(20)31-24-10-9-22-19(26(24)27)11-15-5-2-4-8-21(15)30-22;25-23-16-10-18-20-12(6-8-28-18)2-4-14(20)22(16)24(26)15-9-17-19-11(5-7-27-17)1-3-13(19)21(15)23;21-19-13-5-7-15-11(3-1-9-23-15)17(13)20(22)18-12-4-2-10-24-16(12)8-6-14(18)19;20-19-13-10-15-11(3-1-7-22-15)9-17(13)23-16-6-5-14-12(18(16)19)4-2-8-21-14/h2*1-14H;1-10H;1-10H;1-10H. The first kappa shape index (κ1) is 78.7. The Morgan fingerprint density at radius 2 is 0.985 bits per heavy atom. The number of rotatable bonds is 0. The van der Waals surface area contributed by atoms with E-state index in [-0.39, 0.29) is 39.6 Å². The van der Waals surface area contributed by atoms with Gasteiger partial charge in [0.25, 0.3) is 0 Å². The van der Waals surface area contributed by atoms with Crippen molar-refractivity contribution in [1.29, 1.82) is 0 Å². The highest BCUT2D eigenvalue weighted by atomic mass is 32.2. The van der Waals surface area contributed by atoms with Crippen molar-refractivity contribution >= 4 is 222 Å². The first-order valence-corrected chi connectivity index (χ1v) is 45.5. The Hall–Kier alpha value is -18.1. The number of hydrogen-bond acceptors (Lipinski definition) is 15. The monoisotopic (exact) mass is 1810 g/mol. The summed E-state index contributed by atoms with van der Waals surface area (Å²) in [6, 6.07) is 88.9. The average Bonchev–Trinajstić information content (AvgIpc) is 1.60. The van der Waals surface area contributed by atoms with Crippen molar-refractivity contribution in [2.75, 3.05) is 0 Å². The van der Waals surface area contributed by atoms with E-state index in [0.717, 1.165) is 128 Å². The van der Waals surface area contributed by atoms with Gasteiger partial charge in [0.2, 0.25) is 0 Å². The molecular formula is C117H58O18S2. The van der Waals surface area contributed by atoms with Crippen LogP contribution in [0.2, 0.25) is 0 Å². The Bertz CT molecular complexity index is 10300. The highest BCUT2D eigenvalue weighted by Gasteiger charge is 2.29. The lowest BCUT2D eigenvalue weighted by molar-refractivity contribution is -0.263. The second-order valence-corrected chi connectivity index (χ2v) is 36.0. The molecule has 25 aromatic rings. The van der Waals surface area contributed by atoms with Crippen LogP contribution in [0, 0.1) is 0 Å². The van der Waals surface area contributed by atoms with Gasteiger partial charge in [-0.15, -0.1) is 0 Å². The van der Waals surface area contributed by atoms with E-state index in [2.05, 4.69) is 18.2 Å². The van der Waals surface area contributed by atoms with Crippen molar-refractivity contribution in [3.63, 3.8) is 0 Å². The summed E-state index contributed by atoms with van der Waals surface area (Å²) in [7, 11) is 0. The molecule has 31 rings (SSSR count). The largest absolute Gasteiger partial charge is 0.872 e. The molecule has 0 bridgehead atoms. The minimum atomic E-state index is -0.182. The lowest BCUT2D eigenvalue weighted by atomic mass is 9.95. The molecule has 0 fully saturated rings. The van der Waals surface area contributed by atoms with Crippen LogP contribution in [0.15, 0.2) is 395 Å². The van der Waals surface area contributed by atoms with Crippen LogP contribution in [0.25, 0.3) is 199 Å². The van der Waals surface area contributed by atoms with Gasteiger partial charge in [0, 0.05) is 137 Å². The minimum absolute atomic E-state index is 0.00471. The second-order valence-electron chi connectivity index (χ2n) is 33.8. The lowest BCUT2D eigenvalue weighted by Crippen LogP contribution is -2.37. The molecule has 13 heterocycles. The van der Waals surface area contributed by atoms with E-state index in [9.17, 15) is 35.1 Å². The molecule has 0 N–H and O–H groups in total. The van der Waals surface area contributed by atoms with Crippen molar-refractivity contribution in [3.05, 3.63) is 415 Å². The third-order valence-electron chi connectivity index (χ3n) is 26.2. The molecule has 0 amide bonds. The van der Waals surface area contributed by atoms with Gasteiger partial charge in [0.15, 0.2) is 10.9 Å². The first-order chi connectivity index (χ1) is 67.3. The number of hydrogen-bond donors (Lipinski definition) is 0. The van der Waals surface area contributed by atoms with E-state index in [4.69, 9.17) is 49.9 Å². The van der Waals surface area contributed by atoms with Crippen LogP contribution in [-0.4, -0.2) is 0 Å². The van der Waals surface area contributed by atoms with Crippen LogP contribution in [0.4, 0.5) is 0 Å². The topological polar surface area (TPSA) is 269 Å². The van der Waals surface area contributed by atoms with Gasteiger partial charge in [-0.1, -0.05) is 143 Å². The van der Waals surface area contributed by atoms with E-state index < -0.39 is 0 Å². The summed E-state index contributed by atoms with van der Waals surface area (Å²) in [6.45, 7) is 0. The maximum Gasteiger partial charge on any atom is 0.361 e. The van der Waals surface area contributed by atoms with Crippen molar-refractivity contribution < 1.29 is 75.4 Å². The van der Waals surface area contributed by atoms with Crippen LogP contribution in [0.3, 0.4) is 0 Å². The van der Waals surface area contributed by atoms with Gasteiger partial charge < -0.3 is 53.3 Å². The molecule has 137 heavy (non-hydrogen) atoms. The number of allylic oxidation sites excluding steroid dienone is 1. The fourth-order valence-electron chi connectivity index (χ4n) is 19.9. The maximum absolute atomic E-state index is 13.7. The molecule has 18 aromatic carbocycles. The molecule has 6 aliphatic rings. The Kier molecular flexibility index (Phi) is 17.5. The summed E-state index contributed by atoms with van der Waals surface area (Å²) in [5.74, 6) is 4.31. The van der Waals surface area contributed by atoms with Crippen LogP contribution in [0.5, 0.6) is 51.7 Å². The van der Waals surface area contributed by atoms with Gasteiger partial charge in [0.1, 0.15) is 51.4 Å². The average molecular weight is 1820 g/mol. The highest BCUT2D eigenvalue weighted by Crippen LogP contribution is 2.48. The van der Waals surface area contributed by atoms with Crippen molar-refractivity contribution in [3.8, 4) is 51.7 Å². The summed E-state index contributed by atoms with van der Waals surface area (Å²) >= 11 is 3.24. The van der Waals surface area contributed by atoms with Crippen molar-refractivity contribution in [2.24, 2.45) is 0 Å². The second kappa shape index (κ2) is 30.5. The molecule has 7 aromatic heterocycles. The van der Waals surface area contributed by atoms with Crippen molar-refractivity contribution in [1.82, 2.24) is 0 Å². The molecule has 646 valence electrons. The predicted molar refractivity (Wildman–Crippen MR) is 524 cm³/mol. The Morgan fingerprint density at radius 3 is 1.85 bits per heavy atom. The molecule has 0 aliphatic carbocycles. The highest BCUT2D eigenvalue weighted by molar-refractivity contribution is 7.99. The van der Waals surface area contributed by atoms with E-state index in [0.29, 0.717) is 154 Å². The molecule has 20 heteroatoms. The SMILES string of the molecule is O=c1c2cc3[o+]ccc4ccc(c2c([O-])c2cc5occc6ccc(c12)c65)c43.O=c1c2ccc3occcc3c2c([O-])c2c1ccc1[o+]cccc12.[O-]C1=c2c(ccc3c2=Cc2ccccc2O3)Sc2cc3c(cc21)[o+]cc1ccccc13.[O-]C1=c2cc3c(cc2Oc2cc4cc5ccccc5[o+]c4cc21)=Cc1ccccc1O3.[O-]C1=c2cc3c(cc2Sc2ccc4[o+]cccc4c21)=CC=CO3. The number of benzene rings is 16. The van der Waals surface area contributed by atoms with Gasteiger partial charge in [-0.25, -0.2) is 22.1 Å². The van der Waals surface area contributed by atoms with Crippen LogP contribution < -0.4 is 86.6 Å². The normalized spacial score (nSPS) is 13.2. The predicted octanol–water partition coefficient (Wildman–Crippen LogP) is 21.2. The van der Waals surface area contributed by atoms with E-state index in [1.807, 2.05) is 218 Å². The van der Waals surface area contributed by atoms with Gasteiger partial charge in [-0.2, -0.15) is 0 Å². The van der Waals surface area contributed by atoms with Gasteiger partial charge in [-0.05, 0) is 223 Å². The van der Waals surface area contributed by atoms with Crippen LogP contribution >= 0.6 is 23.5 Å². The van der Waals surface area contributed by atoms with E-state index in [1.54, 1.807) is 140 Å². The quantitative estimate of drug-likeness (QED) is 0.0775. The van der Waals surface area contributed by atoms with Gasteiger partial charge >= 0.3 is 58.6 Å². The van der Waals surface area contributed by atoms with Crippen LogP contribution in [0.1, 0.15) is 27.8 Å². The van der Waals surface area contributed by atoms with Gasteiger partial charge in [-0.3, -0.25) is 9.59 Å². The van der Waals surface area contributed by atoms with Crippen molar-refractivity contribution in [2.45, 2.75) is 19.6 Å². The summed E-state index contributed by atoms with van der Waals surface area (Å²) in [5, 5.41) is 87.2. The zero-order valence-corrected chi connectivity index (χ0v) is 72.8. The molecule has 0 radical (unpaired) electrons. The minimum Gasteiger partial charge on any atom is -0.872 e. The molecular weight excluding hydrogens is 1760 g/mol. The smallest absolute Gasteiger partial charge is 0.361 e. The fourth-order valence-corrected chi connectivity index (χ4v) is 22.1. The lowest BCUT2D eigenvalue weighted by Gasteiger charge is -2.25. The third-order valence-corrected chi connectivity index (χ3v) is 28.4. The van der Waals surface area contributed by atoms with Gasteiger partial charge in [0.05, 0.1) is 74.7 Å². The third kappa shape index (κ3) is 12.4. The summed E-state index contributed by atoms with van der Waals surface area (Å²) in [6.07, 6.45) is 19.2. The fraction of sp³-hybridized carbons (Fsp3) is 0. The zero-order chi connectivity index (χ0) is 91.3. The summed E-state index contributed by atoms with van der Waals surface area (Å²) < 4.78 is 63.5. The summed E-state index contributed by atoms with van der Waals surface area (Å²) in [4.78, 5) is 30.3. The number of ether oxygens (including phenoxy) is 4. The number of para-hydroxylation sites is 3. The Labute approximate surface area is 778 Å². The molecule has 0 saturated carbocycles. The molecule has 0 atom stereocenters. The molecule has 6 aliphatic heterocycles. The first-order valence-electron chi connectivity index (χ1n) is 43.8. The number of fused-ring (bicyclic) bond motifs is 29. The zero-order valence-electron chi connectivity index (χ0n) is 71.2. The molecule has 18 nitrogen and oxygen atoms in total.